The van der Waals surface area contributed by atoms with E-state index in [0.717, 1.165) is 14.0 Å². The minimum Gasteiger partial charge on any atom is -0.297 e. The highest BCUT2D eigenvalue weighted by molar-refractivity contribution is 9.13. The summed E-state index contributed by atoms with van der Waals surface area (Å²) in [6.07, 6.45) is 0. The van der Waals surface area contributed by atoms with Crippen molar-refractivity contribution in [2.45, 2.75) is 26.2 Å². The number of thiophene rings is 1. The van der Waals surface area contributed by atoms with Gasteiger partial charge in [-0.2, -0.15) is 0 Å². The Morgan fingerprint density at radius 2 is 2.05 bits per heavy atom. The van der Waals surface area contributed by atoms with Crippen molar-refractivity contribution in [2.75, 3.05) is 5.32 Å². The van der Waals surface area contributed by atoms with Gasteiger partial charge in [-0.15, -0.1) is 22.7 Å². The molecule has 2 aromatic heterocycles. The number of anilines is 1. The molecule has 0 unspecified atom stereocenters. The van der Waals surface area contributed by atoms with Crippen LogP contribution in [0.5, 0.6) is 0 Å². The number of hydrogen-bond donors (Lipinski definition) is 1. The van der Waals surface area contributed by atoms with Crippen molar-refractivity contribution in [1.29, 1.82) is 0 Å². The Morgan fingerprint density at radius 1 is 1.37 bits per heavy atom. The number of carbonyl (C=O) groups is 1. The van der Waals surface area contributed by atoms with E-state index in [9.17, 15) is 4.79 Å². The van der Waals surface area contributed by atoms with Crippen LogP contribution in [0.25, 0.3) is 0 Å². The molecule has 102 valence electrons. The number of nitrogens with zero attached hydrogens (tertiary/aromatic N) is 1. The van der Waals surface area contributed by atoms with Gasteiger partial charge in [0.25, 0.3) is 5.91 Å². The summed E-state index contributed by atoms with van der Waals surface area (Å²) in [5.41, 5.74) is 0.982. The Balaban J connectivity index is 2.13. The first kappa shape index (κ1) is 15.2. The molecule has 3 nitrogen and oxygen atoms in total. The largest absolute Gasteiger partial charge is 0.297 e. The molecule has 0 saturated carbocycles. The SMILES string of the molecule is CC(C)(C)c1csc(NC(=O)c2cc(Br)c(Br)s2)n1. The number of amides is 1. The van der Waals surface area contributed by atoms with Crippen LogP contribution in [0.15, 0.2) is 19.7 Å². The second kappa shape index (κ2) is 5.63. The van der Waals surface area contributed by atoms with Gasteiger partial charge in [0, 0.05) is 15.3 Å². The zero-order valence-corrected chi connectivity index (χ0v) is 15.4. The predicted molar refractivity (Wildman–Crippen MR) is 88.5 cm³/mol. The van der Waals surface area contributed by atoms with Crippen LogP contribution in [0, 0.1) is 0 Å². The fourth-order valence-electron chi connectivity index (χ4n) is 1.29. The van der Waals surface area contributed by atoms with Gasteiger partial charge < -0.3 is 0 Å². The fourth-order valence-corrected chi connectivity index (χ4v) is 4.16. The van der Waals surface area contributed by atoms with Gasteiger partial charge >= 0.3 is 0 Å². The molecule has 0 saturated heterocycles. The van der Waals surface area contributed by atoms with Gasteiger partial charge in [-0.05, 0) is 37.9 Å². The number of thiazole rings is 1. The number of carbonyl (C=O) groups excluding carboxylic acids is 1. The van der Waals surface area contributed by atoms with Crippen LogP contribution in [0.3, 0.4) is 0 Å². The second-order valence-electron chi connectivity index (χ2n) is 4.97. The molecule has 1 amide bonds. The van der Waals surface area contributed by atoms with Gasteiger partial charge in [-0.1, -0.05) is 20.8 Å². The maximum Gasteiger partial charge on any atom is 0.267 e. The third kappa shape index (κ3) is 3.65. The zero-order valence-electron chi connectivity index (χ0n) is 10.6. The van der Waals surface area contributed by atoms with Crippen LogP contribution in [0.2, 0.25) is 0 Å². The van der Waals surface area contributed by atoms with Gasteiger partial charge in [0.1, 0.15) is 0 Å². The van der Waals surface area contributed by atoms with E-state index in [-0.39, 0.29) is 11.3 Å². The molecule has 2 aromatic rings. The standard InChI is InChI=1S/C12H12Br2N2OS2/c1-12(2,3)8-5-18-11(15-8)16-10(17)7-4-6(13)9(14)19-7/h4-5H,1-3H3,(H,15,16,17). The highest BCUT2D eigenvalue weighted by Crippen LogP contribution is 2.33. The summed E-state index contributed by atoms with van der Waals surface area (Å²) >= 11 is 9.59. The van der Waals surface area contributed by atoms with Crippen LogP contribution >= 0.6 is 54.5 Å². The number of nitrogens with one attached hydrogen (secondary N) is 1. The molecule has 0 spiro atoms. The molecular formula is C12H12Br2N2OS2. The van der Waals surface area contributed by atoms with Gasteiger partial charge in [-0.3, -0.25) is 10.1 Å². The van der Waals surface area contributed by atoms with Crippen LogP contribution < -0.4 is 5.32 Å². The first-order chi connectivity index (χ1) is 8.77. The summed E-state index contributed by atoms with van der Waals surface area (Å²) in [5.74, 6) is -0.133. The van der Waals surface area contributed by atoms with E-state index >= 15 is 0 Å². The highest BCUT2D eigenvalue weighted by Gasteiger charge is 2.19. The van der Waals surface area contributed by atoms with Gasteiger partial charge in [-0.25, -0.2) is 4.98 Å². The Morgan fingerprint density at radius 3 is 2.53 bits per heavy atom. The first-order valence-electron chi connectivity index (χ1n) is 5.49. The topological polar surface area (TPSA) is 42.0 Å². The third-order valence-electron chi connectivity index (χ3n) is 2.36. The number of aromatic nitrogens is 1. The van der Waals surface area contributed by atoms with E-state index in [1.165, 1.54) is 22.7 Å². The Bertz CT molecular complexity index is 594. The lowest BCUT2D eigenvalue weighted by Crippen LogP contribution is -2.13. The van der Waals surface area contributed by atoms with E-state index < -0.39 is 0 Å². The number of halogens is 2. The predicted octanol–water partition coefficient (Wildman–Crippen LogP) is 5.28. The third-order valence-corrected chi connectivity index (χ3v) is 6.37. The molecule has 0 aliphatic heterocycles. The normalized spacial score (nSPS) is 11.6. The smallest absolute Gasteiger partial charge is 0.267 e. The van der Waals surface area contributed by atoms with Crippen molar-refractivity contribution in [3.63, 3.8) is 0 Å². The Labute approximate surface area is 136 Å². The molecule has 19 heavy (non-hydrogen) atoms. The summed E-state index contributed by atoms with van der Waals surface area (Å²) in [4.78, 5) is 17.2. The van der Waals surface area contributed by atoms with Crippen molar-refractivity contribution >= 4 is 65.6 Å². The van der Waals surface area contributed by atoms with Crippen molar-refractivity contribution < 1.29 is 4.79 Å². The van der Waals surface area contributed by atoms with E-state index in [1.54, 1.807) is 6.07 Å². The van der Waals surface area contributed by atoms with Gasteiger partial charge in [0.2, 0.25) is 0 Å². The molecule has 2 rings (SSSR count). The fraction of sp³-hybridized carbons (Fsp3) is 0.333. The highest BCUT2D eigenvalue weighted by atomic mass is 79.9. The van der Waals surface area contributed by atoms with E-state index in [2.05, 4.69) is 62.9 Å². The summed E-state index contributed by atoms with van der Waals surface area (Å²) in [7, 11) is 0. The van der Waals surface area contributed by atoms with E-state index in [0.29, 0.717) is 10.0 Å². The monoisotopic (exact) mass is 422 g/mol. The summed E-state index contributed by atoms with van der Waals surface area (Å²) in [6.45, 7) is 6.30. The average Bonchev–Trinajstić information content (AvgIpc) is 2.86. The molecule has 0 fully saturated rings. The molecule has 0 atom stereocenters. The number of hydrogen-bond acceptors (Lipinski definition) is 4. The molecule has 0 bridgehead atoms. The van der Waals surface area contributed by atoms with Gasteiger partial charge in [0.05, 0.1) is 14.4 Å². The maximum absolute atomic E-state index is 12.1. The molecule has 0 aromatic carbocycles. The van der Waals surface area contributed by atoms with Crippen molar-refractivity contribution in [3.8, 4) is 0 Å². The van der Waals surface area contributed by atoms with Crippen LogP contribution in [-0.2, 0) is 5.41 Å². The van der Waals surface area contributed by atoms with Crippen molar-refractivity contribution in [2.24, 2.45) is 0 Å². The zero-order chi connectivity index (χ0) is 14.2. The molecule has 7 heteroatoms. The molecule has 2 heterocycles. The summed E-state index contributed by atoms with van der Waals surface area (Å²) in [5, 5.41) is 5.45. The molecule has 1 N–H and O–H groups in total. The van der Waals surface area contributed by atoms with Gasteiger partial charge in [0.15, 0.2) is 5.13 Å². The van der Waals surface area contributed by atoms with Crippen molar-refractivity contribution in [3.05, 3.63) is 30.3 Å². The number of rotatable bonds is 2. The molecule has 0 aliphatic carbocycles. The minimum atomic E-state index is -0.133. The summed E-state index contributed by atoms with van der Waals surface area (Å²) in [6, 6.07) is 1.79. The molecular weight excluding hydrogens is 412 g/mol. The first-order valence-corrected chi connectivity index (χ1v) is 8.78. The molecule has 0 radical (unpaired) electrons. The summed E-state index contributed by atoms with van der Waals surface area (Å²) < 4.78 is 1.80. The van der Waals surface area contributed by atoms with Crippen molar-refractivity contribution in [1.82, 2.24) is 4.98 Å². The minimum absolute atomic E-state index is 0.00549. The quantitative estimate of drug-likeness (QED) is 0.713. The van der Waals surface area contributed by atoms with Crippen LogP contribution in [0.1, 0.15) is 36.1 Å². The van der Waals surface area contributed by atoms with E-state index in [4.69, 9.17) is 0 Å². The lowest BCUT2D eigenvalue weighted by atomic mass is 9.93. The average molecular weight is 424 g/mol. The lowest BCUT2D eigenvalue weighted by molar-refractivity contribution is 0.103. The maximum atomic E-state index is 12.1. The van der Waals surface area contributed by atoms with Crippen LogP contribution in [0.4, 0.5) is 5.13 Å². The second-order valence-corrected chi connectivity index (χ2v) is 9.06. The Hall–Kier alpha value is -0.240. The van der Waals surface area contributed by atoms with Crippen LogP contribution in [-0.4, -0.2) is 10.9 Å². The molecule has 0 aliphatic rings. The van der Waals surface area contributed by atoms with E-state index in [1.807, 2.05) is 5.38 Å². The lowest BCUT2D eigenvalue weighted by Gasteiger charge is -2.14. The Kier molecular flexibility index (Phi) is 4.49.